The van der Waals surface area contributed by atoms with E-state index in [-0.39, 0.29) is 5.41 Å². The highest BCUT2D eigenvalue weighted by atomic mass is 15.2. The molecule has 2 heteroatoms. The molecule has 6 bridgehead atoms. The topological polar surface area (TPSA) is 6.48 Å². The van der Waals surface area contributed by atoms with E-state index in [1.807, 2.05) is 0 Å². The Morgan fingerprint density at radius 3 is 1.49 bits per heavy atom. The standard InChI is InChI=1S/C74H64N2/c1-74(2)68-29-16-15-26-65(68)72-67(55-22-11-5-12-23-55)48-62(49-69(72)74)76(73-63(53-18-7-3-8-19-53)27-17-28-64(73)54-20-9-4-10-21-54)71-47-51-31-36-57-35-30-50(32-37-58(71)38-33-51)46-70(57)75(60-24-13-6-14-25-60)61-42-40-56(41-43-61)66-45-52-34-39-59(66)44-52/h3-30,33,35,38,40-43,46-49,52,59,66H,31-32,34,36-37,39,44-45H2,1-2H3. The van der Waals surface area contributed by atoms with Gasteiger partial charge in [-0.25, -0.2) is 0 Å². The highest BCUT2D eigenvalue weighted by Crippen LogP contribution is 2.57. The first-order chi connectivity index (χ1) is 37.4. The molecule has 0 radical (unpaired) electrons. The third-order valence-corrected chi connectivity index (χ3v) is 17.9. The van der Waals surface area contributed by atoms with Gasteiger partial charge in [0, 0.05) is 45.0 Å². The van der Waals surface area contributed by atoms with E-state index in [0.29, 0.717) is 5.92 Å². The van der Waals surface area contributed by atoms with Crippen molar-refractivity contribution in [2.45, 2.75) is 76.5 Å². The van der Waals surface area contributed by atoms with E-state index in [2.05, 4.69) is 260 Å². The maximum Gasteiger partial charge on any atom is 0.0618 e. The molecule has 17 rings (SSSR count). The zero-order valence-corrected chi connectivity index (χ0v) is 43.8. The third kappa shape index (κ3) is 8.18. The fraction of sp³-hybridized carbons (Fsp3) is 0.189. The Hall–Kier alpha value is -8.20. The zero-order valence-electron chi connectivity index (χ0n) is 43.8. The Morgan fingerprint density at radius 1 is 0.382 bits per heavy atom. The lowest BCUT2D eigenvalue weighted by Crippen LogP contribution is -2.19. The molecule has 7 aliphatic rings. The first kappa shape index (κ1) is 46.3. The van der Waals surface area contributed by atoms with E-state index in [0.717, 1.165) is 37.5 Å². The summed E-state index contributed by atoms with van der Waals surface area (Å²) in [5.41, 5.74) is 26.7. The first-order valence-electron chi connectivity index (χ1n) is 28.0. The van der Waals surface area contributed by atoms with E-state index in [1.165, 1.54) is 143 Å². The number of nitrogens with zero attached hydrogens (tertiary/aromatic N) is 2. The minimum absolute atomic E-state index is 0.227. The second kappa shape index (κ2) is 19.2. The molecule has 3 unspecified atom stereocenters. The largest absolute Gasteiger partial charge is 0.310 e. The second-order valence-electron chi connectivity index (χ2n) is 22.7. The van der Waals surface area contributed by atoms with Crippen LogP contribution < -0.4 is 9.80 Å². The average Bonchev–Trinajstić information content (AvgIpc) is 4.31. The van der Waals surface area contributed by atoms with Gasteiger partial charge in [0.15, 0.2) is 0 Å². The summed E-state index contributed by atoms with van der Waals surface area (Å²) >= 11 is 0. The number of hydrogen-bond donors (Lipinski definition) is 0. The minimum Gasteiger partial charge on any atom is -0.310 e. The third-order valence-electron chi connectivity index (χ3n) is 17.9. The minimum atomic E-state index is -0.227. The van der Waals surface area contributed by atoms with E-state index in [4.69, 9.17) is 0 Å². The maximum atomic E-state index is 2.67. The van der Waals surface area contributed by atoms with Crippen molar-refractivity contribution in [2.75, 3.05) is 9.80 Å². The van der Waals surface area contributed by atoms with Gasteiger partial charge in [0.2, 0.25) is 0 Å². The number of para-hydroxylation sites is 2. The van der Waals surface area contributed by atoms with Gasteiger partial charge in [-0.3, -0.25) is 0 Å². The van der Waals surface area contributed by atoms with Gasteiger partial charge in [0.25, 0.3) is 0 Å². The van der Waals surface area contributed by atoms with Crippen LogP contribution in [0.25, 0.3) is 44.5 Å². The van der Waals surface area contributed by atoms with Crippen molar-refractivity contribution in [1.82, 2.24) is 0 Å². The van der Waals surface area contributed by atoms with Gasteiger partial charge in [-0.2, -0.15) is 0 Å². The molecule has 10 aromatic rings. The Bertz CT molecular complexity index is 3690. The van der Waals surface area contributed by atoms with Gasteiger partial charge in [-0.05, 0) is 184 Å². The summed E-state index contributed by atoms with van der Waals surface area (Å²) in [5.74, 6) is 2.50. The lowest BCUT2D eigenvalue weighted by Gasteiger charge is -2.34. The van der Waals surface area contributed by atoms with Crippen molar-refractivity contribution >= 4 is 34.1 Å². The van der Waals surface area contributed by atoms with E-state index in [9.17, 15) is 0 Å². The number of anilines is 6. The van der Waals surface area contributed by atoms with Crippen LogP contribution in [-0.2, 0) is 31.1 Å². The molecule has 0 amide bonds. The molecule has 76 heavy (non-hydrogen) atoms. The zero-order chi connectivity index (χ0) is 50.7. The normalized spacial score (nSPS) is 17.7. The predicted molar refractivity (Wildman–Crippen MR) is 319 cm³/mol. The van der Waals surface area contributed by atoms with Crippen molar-refractivity contribution in [3.8, 4) is 44.5 Å². The monoisotopic (exact) mass is 981 g/mol. The van der Waals surface area contributed by atoms with E-state index < -0.39 is 0 Å². The van der Waals surface area contributed by atoms with Gasteiger partial charge in [-0.1, -0.05) is 208 Å². The van der Waals surface area contributed by atoms with Crippen LogP contribution in [0.15, 0.2) is 237 Å². The molecule has 2 fully saturated rings. The van der Waals surface area contributed by atoms with Crippen LogP contribution in [0.3, 0.4) is 0 Å². The molecule has 0 aromatic heterocycles. The molecule has 0 saturated heterocycles. The van der Waals surface area contributed by atoms with Crippen LogP contribution in [0, 0.1) is 11.8 Å². The van der Waals surface area contributed by atoms with Crippen LogP contribution in [0.4, 0.5) is 34.1 Å². The maximum absolute atomic E-state index is 2.67. The van der Waals surface area contributed by atoms with Gasteiger partial charge < -0.3 is 9.80 Å². The van der Waals surface area contributed by atoms with Crippen LogP contribution in [-0.4, -0.2) is 0 Å². The Kier molecular flexibility index (Phi) is 11.7. The van der Waals surface area contributed by atoms with Crippen LogP contribution in [0.5, 0.6) is 0 Å². The highest BCUT2D eigenvalue weighted by Gasteiger charge is 2.41. The van der Waals surface area contributed by atoms with Crippen LogP contribution in [0.1, 0.15) is 84.4 Å². The smallest absolute Gasteiger partial charge is 0.0618 e. The molecular formula is C74H64N2. The van der Waals surface area contributed by atoms with Crippen molar-refractivity contribution in [3.63, 3.8) is 0 Å². The van der Waals surface area contributed by atoms with Crippen LogP contribution >= 0.6 is 0 Å². The fourth-order valence-electron chi connectivity index (χ4n) is 14.1. The van der Waals surface area contributed by atoms with E-state index >= 15 is 0 Å². The summed E-state index contributed by atoms with van der Waals surface area (Å²) in [5, 5.41) is 0. The summed E-state index contributed by atoms with van der Waals surface area (Å²) in [6, 6.07) is 89.9. The molecule has 2 nitrogen and oxygen atoms in total. The van der Waals surface area contributed by atoms with Crippen LogP contribution in [0.2, 0.25) is 0 Å². The molecule has 0 aliphatic heterocycles. The molecule has 0 spiro atoms. The lowest BCUT2D eigenvalue weighted by molar-refractivity contribution is 0.420. The van der Waals surface area contributed by atoms with E-state index in [1.54, 1.807) is 0 Å². The summed E-state index contributed by atoms with van der Waals surface area (Å²) in [7, 11) is 0. The molecule has 3 atom stereocenters. The van der Waals surface area contributed by atoms with Gasteiger partial charge in [0.05, 0.1) is 5.69 Å². The highest BCUT2D eigenvalue weighted by molar-refractivity contribution is 6.01. The number of fused-ring (bicyclic) bond motifs is 5. The molecule has 0 N–H and O–H groups in total. The van der Waals surface area contributed by atoms with Crippen molar-refractivity contribution in [3.05, 3.63) is 276 Å². The quantitative estimate of drug-likeness (QED) is 0.135. The number of aryl methyl sites for hydroxylation is 4. The number of hydrogen-bond acceptors (Lipinski definition) is 2. The Labute approximate surface area is 450 Å². The SMILES string of the molecule is CC1(C)c2ccccc2-c2c(-c3ccccc3)cc(N(c3cc4ccc3CCc3ccc(c(N(c5ccccc5)c5ccc(C6CC7CCC6C7)cc5)c3)CC4)c3c(-c4ccccc4)cccc3-c3ccccc3)cc21. The second-order valence-corrected chi connectivity index (χ2v) is 22.7. The van der Waals surface area contributed by atoms with Gasteiger partial charge in [-0.15, -0.1) is 0 Å². The van der Waals surface area contributed by atoms with Crippen molar-refractivity contribution in [2.24, 2.45) is 11.8 Å². The molecular weight excluding hydrogens is 917 g/mol. The predicted octanol–water partition coefficient (Wildman–Crippen LogP) is 19.7. The van der Waals surface area contributed by atoms with Crippen molar-refractivity contribution in [1.29, 1.82) is 0 Å². The Balaban J connectivity index is 0.947. The Morgan fingerprint density at radius 2 is 0.908 bits per heavy atom. The fourth-order valence-corrected chi connectivity index (χ4v) is 14.1. The molecule has 2 saturated carbocycles. The van der Waals surface area contributed by atoms with Crippen molar-refractivity contribution < 1.29 is 0 Å². The molecule has 10 aromatic carbocycles. The molecule has 7 aliphatic carbocycles. The average molecular weight is 981 g/mol. The van der Waals surface area contributed by atoms with Gasteiger partial charge in [0.1, 0.15) is 0 Å². The number of rotatable bonds is 10. The summed E-state index contributed by atoms with van der Waals surface area (Å²) in [6.45, 7) is 4.84. The molecule has 0 heterocycles. The lowest BCUT2D eigenvalue weighted by atomic mass is 9.81. The summed E-state index contributed by atoms with van der Waals surface area (Å²) < 4.78 is 0. The summed E-state index contributed by atoms with van der Waals surface area (Å²) in [6.07, 6.45) is 9.18. The number of benzene rings is 10. The van der Waals surface area contributed by atoms with Gasteiger partial charge >= 0.3 is 0 Å². The molecule has 370 valence electrons. The first-order valence-corrected chi connectivity index (χ1v) is 28.0. The summed E-state index contributed by atoms with van der Waals surface area (Å²) in [4.78, 5) is 5.21.